The molecule has 0 spiro atoms. The highest BCUT2D eigenvalue weighted by Gasteiger charge is 2.28. The van der Waals surface area contributed by atoms with Crippen LogP contribution in [0.3, 0.4) is 0 Å². The summed E-state index contributed by atoms with van der Waals surface area (Å²) in [5, 5.41) is 3.60. The molecule has 1 atom stereocenters. The second-order valence-corrected chi connectivity index (χ2v) is 8.17. The summed E-state index contributed by atoms with van der Waals surface area (Å²) >= 11 is 0. The Kier molecular flexibility index (Phi) is 4.17. The SMILES string of the molecule is CS(=O)(=O)c1ccc(N2CCC(C3CCCN3)CC2)nc1. The maximum Gasteiger partial charge on any atom is 0.177 e. The minimum Gasteiger partial charge on any atom is -0.357 e. The smallest absolute Gasteiger partial charge is 0.177 e. The molecule has 116 valence electrons. The first-order valence-corrected chi connectivity index (χ1v) is 9.57. The minimum atomic E-state index is -3.16. The average molecular weight is 309 g/mol. The van der Waals surface area contributed by atoms with Crippen molar-refractivity contribution in [2.75, 3.05) is 30.8 Å². The lowest BCUT2D eigenvalue weighted by Gasteiger charge is -2.35. The molecule has 0 amide bonds. The van der Waals surface area contributed by atoms with Crippen LogP contribution in [0.25, 0.3) is 0 Å². The third-order valence-electron chi connectivity index (χ3n) is 4.68. The largest absolute Gasteiger partial charge is 0.357 e. The molecule has 0 radical (unpaired) electrons. The van der Waals surface area contributed by atoms with Gasteiger partial charge in [-0.1, -0.05) is 0 Å². The minimum absolute atomic E-state index is 0.288. The van der Waals surface area contributed by atoms with Crippen molar-refractivity contribution in [2.45, 2.75) is 36.6 Å². The molecule has 3 heterocycles. The van der Waals surface area contributed by atoms with E-state index in [0.717, 1.165) is 24.8 Å². The molecule has 1 aromatic rings. The fourth-order valence-electron chi connectivity index (χ4n) is 3.42. The summed E-state index contributed by atoms with van der Waals surface area (Å²) in [7, 11) is -3.16. The predicted octanol–water partition coefficient (Wildman–Crippen LogP) is 1.45. The Morgan fingerprint density at radius 2 is 2.00 bits per heavy atom. The van der Waals surface area contributed by atoms with Crippen molar-refractivity contribution in [1.82, 2.24) is 10.3 Å². The van der Waals surface area contributed by atoms with Crippen molar-refractivity contribution in [3.8, 4) is 0 Å². The lowest BCUT2D eigenvalue weighted by molar-refractivity contribution is 0.318. The van der Waals surface area contributed by atoms with Crippen LogP contribution in [-0.4, -0.2) is 45.3 Å². The fourth-order valence-corrected chi connectivity index (χ4v) is 3.98. The molecule has 2 aliphatic rings. The van der Waals surface area contributed by atoms with Gasteiger partial charge in [0.1, 0.15) is 5.82 Å². The zero-order valence-electron chi connectivity index (χ0n) is 12.5. The van der Waals surface area contributed by atoms with Gasteiger partial charge in [-0.3, -0.25) is 0 Å². The van der Waals surface area contributed by atoms with Gasteiger partial charge in [0, 0.05) is 31.6 Å². The van der Waals surface area contributed by atoms with E-state index in [1.807, 2.05) is 6.07 Å². The number of rotatable bonds is 3. The Balaban J connectivity index is 1.61. The normalized spacial score (nSPS) is 24.4. The van der Waals surface area contributed by atoms with E-state index in [1.54, 1.807) is 6.07 Å². The molecule has 0 bridgehead atoms. The van der Waals surface area contributed by atoms with Crippen LogP contribution in [0.15, 0.2) is 23.2 Å². The maximum atomic E-state index is 11.4. The number of anilines is 1. The number of nitrogens with zero attached hydrogens (tertiary/aromatic N) is 2. The van der Waals surface area contributed by atoms with E-state index >= 15 is 0 Å². The highest BCUT2D eigenvalue weighted by molar-refractivity contribution is 7.90. The van der Waals surface area contributed by atoms with Crippen LogP contribution in [0.4, 0.5) is 5.82 Å². The van der Waals surface area contributed by atoms with Crippen molar-refractivity contribution < 1.29 is 8.42 Å². The summed E-state index contributed by atoms with van der Waals surface area (Å²) in [6, 6.07) is 4.18. The van der Waals surface area contributed by atoms with Crippen molar-refractivity contribution in [1.29, 1.82) is 0 Å². The van der Waals surface area contributed by atoms with Crippen molar-refractivity contribution in [2.24, 2.45) is 5.92 Å². The zero-order valence-corrected chi connectivity index (χ0v) is 13.3. The number of hydrogen-bond donors (Lipinski definition) is 1. The van der Waals surface area contributed by atoms with Crippen LogP contribution in [0.5, 0.6) is 0 Å². The van der Waals surface area contributed by atoms with Crippen molar-refractivity contribution >= 4 is 15.7 Å². The Labute approximate surface area is 126 Å². The first-order chi connectivity index (χ1) is 10.0. The number of aromatic nitrogens is 1. The molecule has 6 heteroatoms. The molecular weight excluding hydrogens is 286 g/mol. The third kappa shape index (κ3) is 3.37. The molecule has 2 saturated heterocycles. The van der Waals surface area contributed by atoms with Gasteiger partial charge in [-0.2, -0.15) is 0 Å². The van der Waals surface area contributed by atoms with Gasteiger partial charge in [-0.25, -0.2) is 13.4 Å². The maximum absolute atomic E-state index is 11.4. The molecule has 2 aliphatic heterocycles. The van der Waals surface area contributed by atoms with Crippen molar-refractivity contribution in [3.63, 3.8) is 0 Å². The van der Waals surface area contributed by atoms with Gasteiger partial charge in [0.15, 0.2) is 9.84 Å². The highest BCUT2D eigenvalue weighted by atomic mass is 32.2. The number of piperidine rings is 1. The number of nitrogens with one attached hydrogen (secondary N) is 1. The Morgan fingerprint density at radius 3 is 2.52 bits per heavy atom. The molecule has 1 aromatic heterocycles. The Bertz CT molecular complexity index is 571. The number of hydrogen-bond acceptors (Lipinski definition) is 5. The Morgan fingerprint density at radius 1 is 1.24 bits per heavy atom. The van der Waals surface area contributed by atoms with Crippen molar-refractivity contribution in [3.05, 3.63) is 18.3 Å². The molecule has 1 unspecified atom stereocenters. The fraction of sp³-hybridized carbons (Fsp3) is 0.667. The van der Waals surface area contributed by atoms with E-state index in [0.29, 0.717) is 6.04 Å². The summed E-state index contributed by atoms with van der Waals surface area (Å²) in [4.78, 5) is 6.87. The van der Waals surface area contributed by atoms with E-state index in [-0.39, 0.29) is 4.90 Å². The highest BCUT2D eigenvalue weighted by Crippen LogP contribution is 2.27. The summed E-state index contributed by atoms with van der Waals surface area (Å²) in [6.07, 6.45) is 7.67. The predicted molar refractivity (Wildman–Crippen MR) is 83.3 cm³/mol. The molecular formula is C15H23N3O2S. The standard InChI is InChI=1S/C15H23N3O2S/c1-21(19,20)13-4-5-15(17-11-13)18-9-6-12(7-10-18)14-3-2-8-16-14/h4-5,11-12,14,16H,2-3,6-10H2,1H3. The van der Waals surface area contributed by atoms with E-state index in [9.17, 15) is 8.42 Å². The van der Waals surface area contributed by atoms with E-state index in [1.165, 1.54) is 44.7 Å². The van der Waals surface area contributed by atoms with E-state index < -0.39 is 9.84 Å². The quantitative estimate of drug-likeness (QED) is 0.916. The van der Waals surface area contributed by atoms with Gasteiger partial charge < -0.3 is 10.2 Å². The van der Waals surface area contributed by atoms with Crippen LogP contribution < -0.4 is 10.2 Å². The van der Waals surface area contributed by atoms with Gasteiger partial charge in [0.25, 0.3) is 0 Å². The second-order valence-electron chi connectivity index (χ2n) is 6.15. The molecule has 2 fully saturated rings. The van der Waals surface area contributed by atoms with E-state index in [2.05, 4.69) is 15.2 Å². The average Bonchev–Trinajstić information content (AvgIpc) is 3.01. The first-order valence-electron chi connectivity index (χ1n) is 7.68. The lowest BCUT2D eigenvalue weighted by atomic mass is 9.88. The van der Waals surface area contributed by atoms with Crippen LogP contribution in [-0.2, 0) is 9.84 Å². The molecule has 0 aliphatic carbocycles. The number of sulfone groups is 1. The monoisotopic (exact) mass is 309 g/mol. The lowest BCUT2D eigenvalue weighted by Crippen LogP contribution is -2.41. The van der Waals surface area contributed by atoms with Gasteiger partial charge in [0.2, 0.25) is 0 Å². The topological polar surface area (TPSA) is 62.3 Å². The van der Waals surface area contributed by atoms with Crippen LogP contribution in [0.1, 0.15) is 25.7 Å². The summed E-state index contributed by atoms with van der Waals surface area (Å²) in [5.41, 5.74) is 0. The van der Waals surface area contributed by atoms with Gasteiger partial charge in [0.05, 0.1) is 4.90 Å². The summed E-state index contributed by atoms with van der Waals surface area (Å²) in [5.74, 6) is 1.67. The Hall–Kier alpha value is -1.14. The second kappa shape index (κ2) is 5.93. The molecule has 21 heavy (non-hydrogen) atoms. The van der Waals surface area contributed by atoms with Gasteiger partial charge in [-0.05, 0) is 50.3 Å². The molecule has 5 nitrogen and oxygen atoms in total. The van der Waals surface area contributed by atoms with Crippen LogP contribution in [0, 0.1) is 5.92 Å². The zero-order chi connectivity index (χ0) is 14.9. The molecule has 0 aromatic carbocycles. The van der Waals surface area contributed by atoms with Crippen LogP contribution in [0.2, 0.25) is 0 Å². The molecule has 0 saturated carbocycles. The first kappa shape index (κ1) is 14.8. The molecule has 3 rings (SSSR count). The van der Waals surface area contributed by atoms with Gasteiger partial charge >= 0.3 is 0 Å². The van der Waals surface area contributed by atoms with E-state index in [4.69, 9.17) is 0 Å². The number of pyridine rings is 1. The van der Waals surface area contributed by atoms with Gasteiger partial charge in [-0.15, -0.1) is 0 Å². The molecule has 1 N–H and O–H groups in total. The summed E-state index contributed by atoms with van der Waals surface area (Å²) in [6.45, 7) is 3.18. The van der Waals surface area contributed by atoms with Crippen LogP contribution >= 0.6 is 0 Å². The summed E-state index contributed by atoms with van der Waals surface area (Å²) < 4.78 is 22.9. The third-order valence-corrected chi connectivity index (χ3v) is 5.78.